The Labute approximate surface area is 129 Å². The number of hydrogen-bond acceptors (Lipinski definition) is 8. The van der Waals surface area contributed by atoms with Crippen molar-refractivity contribution < 1.29 is 38.0 Å². The Hall–Kier alpha value is -1.64. The third kappa shape index (κ3) is 8.60. The summed E-state index contributed by atoms with van der Waals surface area (Å²) in [6.45, 7) is 7.70. The molecule has 1 unspecified atom stereocenters. The number of hydrogen-bond donors (Lipinski definition) is 0. The van der Waals surface area contributed by atoms with Gasteiger partial charge in [-0.1, -0.05) is 6.58 Å². The molecule has 0 saturated carbocycles. The van der Waals surface area contributed by atoms with Crippen molar-refractivity contribution >= 4 is 12.1 Å². The van der Waals surface area contributed by atoms with Gasteiger partial charge in [0.05, 0.1) is 39.6 Å². The second kappa shape index (κ2) is 11.0. The maximum absolute atomic E-state index is 11.0. The Morgan fingerprint density at radius 3 is 2.27 bits per heavy atom. The van der Waals surface area contributed by atoms with E-state index in [0.29, 0.717) is 45.2 Å². The van der Waals surface area contributed by atoms with E-state index in [-0.39, 0.29) is 19.3 Å². The second-order valence-corrected chi connectivity index (χ2v) is 4.52. The minimum Gasteiger partial charge on any atom is -0.460 e. The minimum atomic E-state index is -0.657. The van der Waals surface area contributed by atoms with Gasteiger partial charge in [-0.05, 0) is 6.92 Å². The summed E-state index contributed by atoms with van der Waals surface area (Å²) in [5.74, 6) is -0.421. The molecule has 0 bridgehead atoms. The van der Waals surface area contributed by atoms with Gasteiger partial charge in [0.2, 0.25) is 0 Å². The van der Waals surface area contributed by atoms with E-state index in [4.69, 9.17) is 23.7 Å². The molecule has 0 aliphatic carbocycles. The lowest BCUT2D eigenvalue weighted by molar-refractivity contribution is -0.140. The molecule has 0 amide bonds. The van der Waals surface area contributed by atoms with Gasteiger partial charge < -0.3 is 28.4 Å². The maximum Gasteiger partial charge on any atom is 0.508 e. The van der Waals surface area contributed by atoms with Crippen molar-refractivity contribution in [1.29, 1.82) is 0 Å². The zero-order valence-electron chi connectivity index (χ0n) is 12.7. The lowest BCUT2D eigenvalue weighted by Crippen LogP contribution is -2.20. The van der Waals surface area contributed by atoms with E-state index < -0.39 is 12.1 Å². The van der Waals surface area contributed by atoms with Crippen LogP contribution in [0, 0.1) is 0 Å². The highest BCUT2D eigenvalue weighted by Crippen LogP contribution is 2.05. The summed E-state index contributed by atoms with van der Waals surface area (Å²) in [5.41, 5.74) is 0.363. The van der Waals surface area contributed by atoms with Crippen LogP contribution in [-0.4, -0.2) is 71.1 Å². The fourth-order valence-corrected chi connectivity index (χ4v) is 1.42. The fourth-order valence-electron chi connectivity index (χ4n) is 1.42. The molecule has 22 heavy (non-hydrogen) atoms. The molecule has 8 nitrogen and oxygen atoms in total. The highest BCUT2D eigenvalue weighted by atomic mass is 16.8. The molecule has 0 radical (unpaired) electrons. The first-order chi connectivity index (χ1) is 10.6. The van der Waals surface area contributed by atoms with Crippen molar-refractivity contribution in [2.24, 2.45) is 0 Å². The topological polar surface area (TPSA) is 89.5 Å². The van der Waals surface area contributed by atoms with Crippen LogP contribution in [0.15, 0.2) is 12.2 Å². The number of esters is 1. The Morgan fingerprint density at radius 2 is 1.73 bits per heavy atom. The van der Waals surface area contributed by atoms with Crippen LogP contribution in [-0.2, 0) is 33.2 Å². The first-order valence-corrected chi connectivity index (χ1v) is 6.99. The molecule has 1 fully saturated rings. The van der Waals surface area contributed by atoms with Crippen molar-refractivity contribution in [3.8, 4) is 0 Å². The van der Waals surface area contributed by atoms with Gasteiger partial charge in [-0.25, -0.2) is 9.59 Å². The molecule has 1 rings (SSSR count). The summed E-state index contributed by atoms with van der Waals surface area (Å²) in [4.78, 5) is 21.7. The molecule has 1 saturated heterocycles. The third-order valence-corrected chi connectivity index (χ3v) is 2.51. The van der Waals surface area contributed by atoms with Gasteiger partial charge >= 0.3 is 12.1 Å². The fraction of sp³-hybridized carbons (Fsp3) is 0.714. The van der Waals surface area contributed by atoms with Gasteiger partial charge in [-0.2, -0.15) is 0 Å². The van der Waals surface area contributed by atoms with E-state index in [1.807, 2.05) is 0 Å². The third-order valence-electron chi connectivity index (χ3n) is 2.51. The van der Waals surface area contributed by atoms with Crippen LogP contribution in [0.3, 0.4) is 0 Å². The van der Waals surface area contributed by atoms with Crippen molar-refractivity contribution in [2.45, 2.75) is 13.0 Å². The van der Waals surface area contributed by atoms with Crippen LogP contribution < -0.4 is 0 Å². The van der Waals surface area contributed by atoms with Crippen LogP contribution >= 0.6 is 0 Å². The normalized spacial score (nSPS) is 17.0. The van der Waals surface area contributed by atoms with Crippen LogP contribution in [0.25, 0.3) is 0 Å². The molecule has 126 valence electrons. The maximum atomic E-state index is 11.0. The molecular weight excluding hydrogens is 296 g/mol. The average molecular weight is 318 g/mol. The SMILES string of the molecule is C=C(C)C(=O)OCCOCCOCCOCC1COC(=O)O1. The summed E-state index contributed by atoms with van der Waals surface area (Å²) < 4.78 is 30.0. The Balaban J connectivity index is 1.77. The lowest BCUT2D eigenvalue weighted by Gasteiger charge is -2.09. The Kier molecular flexibility index (Phi) is 9.20. The van der Waals surface area contributed by atoms with E-state index >= 15 is 0 Å². The molecule has 8 heteroatoms. The van der Waals surface area contributed by atoms with Gasteiger partial charge in [0.1, 0.15) is 13.2 Å². The van der Waals surface area contributed by atoms with Gasteiger partial charge in [0.15, 0.2) is 6.10 Å². The molecule has 0 aromatic carbocycles. The molecule has 0 aromatic rings. The molecule has 1 aliphatic heterocycles. The van der Waals surface area contributed by atoms with E-state index in [1.54, 1.807) is 6.92 Å². The van der Waals surface area contributed by atoms with Gasteiger partial charge in [0.25, 0.3) is 0 Å². The van der Waals surface area contributed by atoms with Gasteiger partial charge in [0, 0.05) is 5.57 Å². The largest absolute Gasteiger partial charge is 0.508 e. The highest BCUT2D eigenvalue weighted by Gasteiger charge is 2.24. The predicted octanol–water partition coefficient (Wildman–Crippen LogP) is 0.691. The summed E-state index contributed by atoms with van der Waals surface area (Å²) in [6.07, 6.45) is -0.992. The lowest BCUT2D eigenvalue weighted by atomic mass is 10.4. The number of carbonyl (C=O) groups excluding carboxylic acids is 2. The molecular formula is C14H22O8. The Morgan fingerprint density at radius 1 is 1.14 bits per heavy atom. The Bertz CT molecular complexity index is 368. The molecule has 1 heterocycles. The van der Waals surface area contributed by atoms with Crippen LogP contribution in [0.4, 0.5) is 4.79 Å². The van der Waals surface area contributed by atoms with Crippen LogP contribution in [0.5, 0.6) is 0 Å². The zero-order chi connectivity index (χ0) is 16.2. The van der Waals surface area contributed by atoms with Crippen LogP contribution in [0.2, 0.25) is 0 Å². The first-order valence-electron chi connectivity index (χ1n) is 6.99. The molecule has 0 spiro atoms. The number of ether oxygens (including phenoxy) is 6. The van der Waals surface area contributed by atoms with E-state index in [2.05, 4.69) is 11.3 Å². The van der Waals surface area contributed by atoms with E-state index in [9.17, 15) is 9.59 Å². The van der Waals surface area contributed by atoms with Gasteiger partial charge in [-0.3, -0.25) is 0 Å². The molecule has 0 N–H and O–H groups in total. The number of carbonyl (C=O) groups is 2. The smallest absolute Gasteiger partial charge is 0.460 e. The van der Waals surface area contributed by atoms with E-state index in [0.717, 1.165) is 0 Å². The second-order valence-electron chi connectivity index (χ2n) is 4.52. The number of rotatable bonds is 12. The van der Waals surface area contributed by atoms with Gasteiger partial charge in [-0.15, -0.1) is 0 Å². The summed E-state index contributed by atoms with van der Waals surface area (Å²) in [7, 11) is 0. The number of cyclic esters (lactones) is 2. The van der Waals surface area contributed by atoms with Crippen molar-refractivity contribution in [2.75, 3.05) is 52.9 Å². The monoisotopic (exact) mass is 318 g/mol. The average Bonchev–Trinajstić information content (AvgIpc) is 2.89. The van der Waals surface area contributed by atoms with Crippen molar-refractivity contribution in [1.82, 2.24) is 0 Å². The quantitative estimate of drug-likeness (QED) is 0.295. The van der Waals surface area contributed by atoms with Crippen LogP contribution in [0.1, 0.15) is 6.92 Å². The highest BCUT2D eigenvalue weighted by molar-refractivity contribution is 5.86. The molecule has 1 aliphatic rings. The summed E-state index contributed by atoms with van der Waals surface area (Å²) in [6, 6.07) is 0. The summed E-state index contributed by atoms with van der Waals surface area (Å²) in [5, 5.41) is 0. The standard InChI is InChI=1S/C14H22O8/c1-11(2)13(15)20-8-7-18-4-3-17-5-6-19-9-12-10-21-14(16)22-12/h12H,1,3-10H2,2H3. The predicted molar refractivity (Wildman–Crippen MR) is 74.5 cm³/mol. The minimum absolute atomic E-state index is 0.191. The first kappa shape index (κ1) is 18.4. The summed E-state index contributed by atoms with van der Waals surface area (Å²) >= 11 is 0. The zero-order valence-corrected chi connectivity index (χ0v) is 12.7. The molecule has 1 atom stereocenters. The van der Waals surface area contributed by atoms with E-state index in [1.165, 1.54) is 0 Å². The molecule has 0 aromatic heterocycles. The van der Waals surface area contributed by atoms with Crippen molar-refractivity contribution in [3.05, 3.63) is 12.2 Å². The van der Waals surface area contributed by atoms with Crippen molar-refractivity contribution in [3.63, 3.8) is 0 Å².